The van der Waals surface area contributed by atoms with Gasteiger partial charge in [-0.1, -0.05) is 0 Å². The molecule has 0 rings (SSSR count). The number of hydrogen-bond donors (Lipinski definition) is 0. The fourth-order valence-electron chi connectivity index (χ4n) is 0.906. The number of esters is 1. The zero-order valence-corrected chi connectivity index (χ0v) is 11.2. The van der Waals surface area contributed by atoms with Crippen molar-refractivity contribution in [3.05, 3.63) is 0 Å². The summed E-state index contributed by atoms with van der Waals surface area (Å²) in [5.74, 6) is -1.00. The van der Waals surface area contributed by atoms with Gasteiger partial charge in [0, 0.05) is 10.7 Å². The van der Waals surface area contributed by atoms with Gasteiger partial charge in [-0.2, -0.15) is 0 Å². The third-order valence-electron chi connectivity index (χ3n) is 1.48. The van der Waals surface area contributed by atoms with Crippen LogP contribution in [0.5, 0.6) is 0 Å². The van der Waals surface area contributed by atoms with Crippen LogP contribution in [0.15, 0.2) is 0 Å². The Bertz CT molecular complexity index is 338. The standard InChI is InChI=1S/C9H17ClO4S/c1-8(2,3)14-7(11)9(4,5)6-15(10,12)13/h6H2,1-5H3. The Labute approximate surface area is 95.4 Å². The predicted molar refractivity (Wildman–Crippen MR) is 59.3 cm³/mol. The van der Waals surface area contributed by atoms with Gasteiger partial charge in [0.05, 0.1) is 11.2 Å². The normalized spacial score (nSPS) is 13.7. The average molecular weight is 257 g/mol. The van der Waals surface area contributed by atoms with Gasteiger partial charge >= 0.3 is 5.97 Å². The summed E-state index contributed by atoms with van der Waals surface area (Å²) in [4.78, 5) is 11.6. The maximum atomic E-state index is 11.6. The van der Waals surface area contributed by atoms with Crippen LogP contribution in [0.2, 0.25) is 0 Å². The highest BCUT2D eigenvalue weighted by Crippen LogP contribution is 2.24. The Balaban J connectivity index is 4.68. The van der Waals surface area contributed by atoms with E-state index in [9.17, 15) is 13.2 Å². The summed E-state index contributed by atoms with van der Waals surface area (Å²) >= 11 is 0. The number of carbonyl (C=O) groups is 1. The predicted octanol–water partition coefficient (Wildman–Crippen LogP) is 1.92. The monoisotopic (exact) mass is 256 g/mol. The topological polar surface area (TPSA) is 60.4 Å². The Morgan fingerprint density at radius 3 is 1.87 bits per heavy atom. The molecule has 0 amide bonds. The molecule has 0 fully saturated rings. The molecule has 0 radical (unpaired) electrons. The molecule has 0 bridgehead atoms. The molecule has 0 unspecified atom stereocenters. The number of carbonyl (C=O) groups excluding carboxylic acids is 1. The van der Waals surface area contributed by atoms with Gasteiger partial charge in [-0.3, -0.25) is 4.79 Å². The largest absolute Gasteiger partial charge is 0.460 e. The second kappa shape index (κ2) is 4.29. The molecule has 0 heterocycles. The fourth-order valence-corrected chi connectivity index (χ4v) is 2.70. The van der Waals surface area contributed by atoms with Crippen LogP contribution in [-0.2, 0) is 18.6 Å². The lowest BCUT2D eigenvalue weighted by Gasteiger charge is -2.27. The van der Waals surface area contributed by atoms with E-state index in [1.807, 2.05) is 0 Å². The lowest BCUT2D eigenvalue weighted by molar-refractivity contribution is -0.164. The van der Waals surface area contributed by atoms with Crippen molar-refractivity contribution in [3.8, 4) is 0 Å². The van der Waals surface area contributed by atoms with Crippen LogP contribution in [-0.4, -0.2) is 25.7 Å². The second-order valence-electron chi connectivity index (χ2n) is 5.07. The smallest absolute Gasteiger partial charge is 0.313 e. The van der Waals surface area contributed by atoms with Crippen LogP contribution in [0.25, 0.3) is 0 Å². The minimum absolute atomic E-state index is 0.434. The quantitative estimate of drug-likeness (QED) is 0.572. The van der Waals surface area contributed by atoms with Crippen LogP contribution in [0.3, 0.4) is 0 Å². The Morgan fingerprint density at radius 1 is 1.20 bits per heavy atom. The summed E-state index contributed by atoms with van der Waals surface area (Å²) in [6, 6.07) is 0. The molecule has 15 heavy (non-hydrogen) atoms. The highest BCUT2D eigenvalue weighted by atomic mass is 35.7. The fraction of sp³-hybridized carbons (Fsp3) is 0.889. The molecule has 0 aliphatic heterocycles. The highest BCUT2D eigenvalue weighted by molar-refractivity contribution is 8.13. The van der Waals surface area contributed by atoms with E-state index >= 15 is 0 Å². The van der Waals surface area contributed by atoms with E-state index in [4.69, 9.17) is 15.4 Å². The van der Waals surface area contributed by atoms with Crippen LogP contribution in [0.4, 0.5) is 0 Å². The summed E-state index contributed by atoms with van der Waals surface area (Å²) in [6.45, 7) is 8.13. The Morgan fingerprint density at radius 2 is 1.60 bits per heavy atom. The molecule has 0 saturated carbocycles. The summed E-state index contributed by atoms with van der Waals surface area (Å²) in [7, 11) is 1.39. The molecule has 0 aromatic carbocycles. The van der Waals surface area contributed by atoms with Crippen molar-refractivity contribution < 1.29 is 17.9 Å². The van der Waals surface area contributed by atoms with E-state index in [0.717, 1.165) is 0 Å². The summed E-state index contributed by atoms with van der Waals surface area (Å²) in [6.07, 6.45) is 0. The first-order valence-electron chi connectivity index (χ1n) is 4.49. The third kappa shape index (κ3) is 6.73. The summed E-state index contributed by atoms with van der Waals surface area (Å²) in [5, 5.41) is 0. The molecule has 0 spiro atoms. The minimum atomic E-state index is -3.71. The van der Waals surface area contributed by atoms with Crippen LogP contribution in [0.1, 0.15) is 34.6 Å². The molecule has 0 aliphatic rings. The van der Waals surface area contributed by atoms with Crippen LogP contribution < -0.4 is 0 Å². The molecule has 0 atom stereocenters. The number of hydrogen-bond acceptors (Lipinski definition) is 4. The van der Waals surface area contributed by atoms with E-state index in [2.05, 4.69) is 0 Å². The third-order valence-corrected chi connectivity index (χ3v) is 2.88. The number of halogens is 1. The van der Waals surface area contributed by atoms with Crippen molar-refractivity contribution in [2.75, 3.05) is 5.75 Å². The molecule has 0 aromatic rings. The van der Waals surface area contributed by atoms with Crippen LogP contribution >= 0.6 is 10.7 Å². The van der Waals surface area contributed by atoms with Gasteiger partial charge in [-0.05, 0) is 34.6 Å². The van der Waals surface area contributed by atoms with E-state index in [0.29, 0.717) is 0 Å². The van der Waals surface area contributed by atoms with E-state index in [-0.39, 0.29) is 0 Å². The zero-order valence-electron chi connectivity index (χ0n) is 9.63. The Kier molecular flexibility index (Phi) is 4.21. The van der Waals surface area contributed by atoms with E-state index in [1.54, 1.807) is 20.8 Å². The van der Waals surface area contributed by atoms with Gasteiger partial charge in [-0.15, -0.1) is 0 Å². The second-order valence-corrected chi connectivity index (χ2v) is 7.85. The number of rotatable bonds is 3. The van der Waals surface area contributed by atoms with Gasteiger partial charge < -0.3 is 4.74 Å². The van der Waals surface area contributed by atoms with Crippen molar-refractivity contribution in [1.82, 2.24) is 0 Å². The lowest BCUT2D eigenvalue weighted by atomic mass is 9.96. The molecule has 6 heteroatoms. The van der Waals surface area contributed by atoms with Crippen molar-refractivity contribution in [2.45, 2.75) is 40.2 Å². The van der Waals surface area contributed by atoms with Gasteiger partial charge in [0.1, 0.15) is 5.60 Å². The molecular weight excluding hydrogens is 240 g/mol. The van der Waals surface area contributed by atoms with Crippen molar-refractivity contribution in [2.24, 2.45) is 5.41 Å². The number of ether oxygens (including phenoxy) is 1. The van der Waals surface area contributed by atoms with Crippen molar-refractivity contribution in [1.29, 1.82) is 0 Å². The average Bonchev–Trinajstić information content (AvgIpc) is 1.75. The SMILES string of the molecule is CC(C)(C)OC(=O)C(C)(C)CS(=O)(=O)Cl. The summed E-state index contributed by atoms with van der Waals surface area (Å²) < 4.78 is 26.8. The van der Waals surface area contributed by atoms with Crippen molar-refractivity contribution >= 4 is 25.7 Å². The van der Waals surface area contributed by atoms with Crippen molar-refractivity contribution in [3.63, 3.8) is 0 Å². The lowest BCUT2D eigenvalue weighted by Crippen LogP contribution is -2.37. The molecule has 0 N–H and O–H groups in total. The van der Waals surface area contributed by atoms with Gasteiger partial charge in [0.2, 0.25) is 9.05 Å². The molecule has 0 saturated heterocycles. The molecule has 0 aliphatic carbocycles. The molecule has 0 aromatic heterocycles. The first-order valence-corrected chi connectivity index (χ1v) is 6.97. The zero-order chi connectivity index (χ0) is 12.5. The first kappa shape index (κ1) is 14.7. The highest BCUT2D eigenvalue weighted by Gasteiger charge is 2.36. The van der Waals surface area contributed by atoms with Gasteiger partial charge in [0.15, 0.2) is 0 Å². The molecular formula is C9H17ClO4S. The van der Waals surface area contributed by atoms with Gasteiger partial charge in [0.25, 0.3) is 0 Å². The minimum Gasteiger partial charge on any atom is -0.460 e. The first-order chi connectivity index (χ1) is 6.33. The summed E-state index contributed by atoms with van der Waals surface area (Å²) in [5.41, 5.74) is -1.77. The van der Waals surface area contributed by atoms with Crippen LogP contribution in [0, 0.1) is 5.41 Å². The van der Waals surface area contributed by atoms with Gasteiger partial charge in [-0.25, -0.2) is 8.42 Å². The molecule has 4 nitrogen and oxygen atoms in total. The molecule has 90 valence electrons. The maximum Gasteiger partial charge on any atom is 0.313 e. The van der Waals surface area contributed by atoms with E-state index in [1.165, 1.54) is 13.8 Å². The Hall–Kier alpha value is -0.290. The maximum absolute atomic E-state index is 11.6. The van der Waals surface area contributed by atoms with E-state index < -0.39 is 31.8 Å².